The molecule has 1 aliphatic heterocycles. The van der Waals surface area contributed by atoms with Crippen LogP contribution in [0.1, 0.15) is 32.6 Å². The summed E-state index contributed by atoms with van der Waals surface area (Å²) in [6, 6.07) is 0.408. The minimum Gasteiger partial charge on any atom is -0.379 e. The summed E-state index contributed by atoms with van der Waals surface area (Å²) in [4.78, 5) is 0. The van der Waals surface area contributed by atoms with Gasteiger partial charge in [0.15, 0.2) is 5.11 Å². The monoisotopic (exact) mass is 216 g/mol. The molecule has 0 saturated carbocycles. The van der Waals surface area contributed by atoms with Crippen LogP contribution in [0.2, 0.25) is 0 Å². The summed E-state index contributed by atoms with van der Waals surface area (Å²) < 4.78 is 5.36. The standard InChI is InChI=1S/C10H20N2OS/c1-2-3-6-11-10(14)12-9-5-4-7-13-8-9/h9H,2-8H2,1H3,(H2,11,12,14). The topological polar surface area (TPSA) is 33.3 Å². The second kappa shape index (κ2) is 7.01. The fourth-order valence-electron chi connectivity index (χ4n) is 1.47. The Bertz CT molecular complexity index is 170. The van der Waals surface area contributed by atoms with E-state index >= 15 is 0 Å². The number of unbranched alkanes of at least 4 members (excludes halogenated alkanes) is 1. The summed E-state index contributed by atoms with van der Waals surface area (Å²) in [5, 5.41) is 7.24. The highest BCUT2D eigenvalue weighted by molar-refractivity contribution is 7.80. The zero-order chi connectivity index (χ0) is 10.2. The highest BCUT2D eigenvalue weighted by atomic mass is 32.1. The average molecular weight is 216 g/mol. The molecule has 1 fully saturated rings. The molecule has 82 valence electrons. The lowest BCUT2D eigenvalue weighted by molar-refractivity contribution is 0.0763. The summed E-state index contributed by atoms with van der Waals surface area (Å²) in [6.07, 6.45) is 4.66. The molecule has 1 rings (SSSR count). The van der Waals surface area contributed by atoms with E-state index in [2.05, 4.69) is 17.6 Å². The maximum absolute atomic E-state index is 5.36. The molecule has 1 heterocycles. The smallest absolute Gasteiger partial charge is 0.166 e. The Labute approximate surface area is 91.6 Å². The van der Waals surface area contributed by atoms with E-state index in [4.69, 9.17) is 17.0 Å². The van der Waals surface area contributed by atoms with Gasteiger partial charge in [0.25, 0.3) is 0 Å². The predicted molar refractivity (Wildman–Crippen MR) is 62.5 cm³/mol. The van der Waals surface area contributed by atoms with Crippen molar-refractivity contribution in [3.8, 4) is 0 Å². The normalized spacial score (nSPS) is 21.6. The van der Waals surface area contributed by atoms with Crippen LogP contribution in [0.4, 0.5) is 0 Å². The van der Waals surface area contributed by atoms with Crippen molar-refractivity contribution >= 4 is 17.3 Å². The van der Waals surface area contributed by atoms with E-state index in [0.717, 1.165) is 37.7 Å². The van der Waals surface area contributed by atoms with Gasteiger partial charge in [-0.2, -0.15) is 0 Å². The molecule has 2 N–H and O–H groups in total. The van der Waals surface area contributed by atoms with E-state index in [-0.39, 0.29) is 0 Å². The molecule has 1 aliphatic rings. The van der Waals surface area contributed by atoms with Gasteiger partial charge in [-0.25, -0.2) is 0 Å². The van der Waals surface area contributed by atoms with Gasteiger partial charge in [-0.1, -0.05) is 13.3 Å². The van der Waals surface area contributed by atoms with Crippen LogP contribution < -0.4 is 10.6 Å². The Morgan fingerprint density at radius 1 is 1.57 bits per heavy atom. The zero-order valence-electron chi connectivity index (χ0n) is 8.84. The van der Waals surface area contributed by atoms with Crippen LogP contribution in [0.5, 0.6) is 0 Å². The summed E-state index contributed by atoms with van der Waals surface area (Å²) in [5.41, 5.74) is 0. The van der Waals surface area contributed by atoms with Crippen molar-refractivity contribution in [2.75, 3.05) is 19.8 Å². The first-order chi connectivity index (χ1) is 6.83. The maximum Gasteiger partial charge on any atom is 0.166 e. The predicted octanol–water partition coefficient (Wildman–Crippen LogP) is 1.43. The summed E-state index contributed by atoms with van der Waals surface area (Å²) in [7, 11) is 0. The molecule has 14 heavy (non-hydrogen) atoms. The van der Waals surface area contributed by atoms with Crippen molar-refractivity contribution in [2.45, 2.75) is 38.6 Å². The lowest BCUT2D eigenvalue weighted by Crippen LogP contribution is -2.45. The van der Waals surface area contributed by atoms with E-state index in [9.17, 15) is 0 Å². The molecule has 0 aromatic carbocycles. The number of nitrogens with one attached hydrogen (secondary N) is 2. The van der Waals surface area contributed by atoms with E-state index in [1.807, 2.05) is 0 Å². The number of hydrogen-bond acceptors (Lipinski definition) is 2. The van der Waals surface area contributed by atoms with Crippen molar-refractivity contribution in [3.63, 3.8) is 0 Å². The van der Waals surface area contributed by atoms with Gasteiger partial charge in [0, 0.05) is 13.2 Å². The molecule has 0 spiro atoms. The minimum atomic E-state index is 0.408. The van der Waals surface area contributed by atoms with Crippen LogP contribution in [0.15, 0.2) is 0 Å². The second-order valence-corrected chi connectivity index (χ2v) is 4.08. The van der Waals surface area contributed by atoms with Crippen LogP contribution in [0.25, 0.3) is 0 Å². The molecule has 0 aromatic heterocycles. The summed E-state index contributed by atoms with van der Waals surface area (Å²) in [5.74, 6) is 0. The first-order valence-electron chi connectivity index (χ1n) is 5.45. The Balaban J connectivity index is 2.06. The van der Waals surface area contributed by atoms with Gasteiger partial charge in [-0.05, 0) is 31.5 Å². The van der Waals surface area contributed by atoms with E-state index in [1.54, 1.807) is 0 Å². The Kier molecular flexibility index (Phi) is 5.87. The maximum atomic E-state index is 5.36. The molecule has 0 radical (unpaired) electrons. The molecule has 0 aliphatic carbocycles. The molecular weight excluding hydrogens is 196 g/mol. The third-order valence-electron chi connectivity index (χ3n) is 2.31. The highest BCUT2D eigenvalue weighted by Crippen LogP contribution is 2.05. The highest BCUT2D eigenvalue weighted by Gasteiger charge is 2.13. The Morgan fingerprint density at radius 2 is 2.43 bits per heavy atom. The largest absolute Gasteiger partial charge is 0.379 e. The molecule has 0 aromatic rings. The molecule has 0 amide bonds. The van der Waals surface area contributed by atoms with Gasteiger partial charge in [0.2, 0.25) is 0 Å². The Morgan fingerprint density at radius 3 is 3.07 bits per heavy atom. The van der Waals surface area contributed by atoms with Gasteiger partial charge in [0.05, 0.1) is 12.6 Å². The van der Waals surface area contributed by atoms with Crippen molar-refractivity contribution in [1.29, 1.82) is 0 Å². The van der Waals surface area contributed by atoms with Gasteiger partial charge >= 0.3 is 0 Å². The zero-order valence-corrected chi connectivity index (χ0v) is 9.66. The van der Waals surface area contributed by atoms with E-state index in [0.29, 0.717) is 6.04 Å². The molecule has 4 heteroatoms. The van der Waals surface area contributed by atoms with E-state index in [1.165, 1.54) is 12.8 Å². The van der Waals surface area contributed by atoms with Gasteiger partial charge < -0.3 is 15.4 Å². The Hall–Kier alpha value is -0.350. The molecule has 1 atom stereocenters. The quantitative estimate of drug-likeness (QED) is 0.550. The number of thiocarbonyl (C=S) groups is 1. The third-order valence-corrected chi connectivity index (χ3v) is 2.57. The SMILES string of the molecule is CCCCNC(=S)NC1CCCOC1. The van der Waals surface area contributed by atoms with Crippen LogP contribution >= 0.6 is 12.2 Å². The number of ether oxygens (including phenoxy) is 1. The number of hydrogen-bond donors (Lipinski definition) is 2. The third kappa shape index (κ3) is 4.77. The van der Waals surface area contributed by atoms with Crippen LogP contribution in [0, 0.1) is 0 Å². The van der Waals surface area contributed by atoms with Gasteiger partial charge in [0.1, 0.15) is 0 Å². The van der Waals surface area contributed by atoms with Crippen molar-refractivity contribution in [3.05, 3.63) is 0 Å². The van der Waals surface area contributed by atoms with Crippen LogP contribution in [-0.4, -0.2) is 30.9 Å². The first-order valence-corrected chi connectivity index (χ1v) is 5.86. The van der Waals surface area contributed by atoms with Crippen LogP contribution in [0.3, 0.4) is 0 Å². The first kappa shape index (κ1) is 11.7. The van der Waals surface area contributed by atoms with Crippen molar-refractivity contribution in [2.24, 2.45) is 0 Å². The summed E-state index contributed by atoms with van der Waals surface area (Å²) >= 11 is 5.17. The molecule has 1 saturated heterocycles. The molecule has 1 unspecified atom stereocenters. The van der Waals surface area contributed by atoms with Crippen molar-refractivity contribution < 1.29 is 4.74 Å². The van der Waals surface area contributed by atoms with Crippen molar-refractivity contribution in [1.82, 2.24) is 10.6 Å². The van der Waals surface area contributed by atoms with Gasteiger partial charge in [-0.3, -0.25) is 0 Å². The number of rotatable bonds is 4. The fraction of sp³-hybridized carbons (Fsp3) is 0.900. The minimum absolute atomic E-state index is 0.408. The lowest BCUT2D eigenvalue weighted by atomic mass is 10.1. The molecule has 3 nitrogen and oxygen atoms in total. The molecular formula is C10H20N2OS. The summed E-state index contributed by atoms with van der Waals surface area (Å²) in [6.45, 7) is 4.83. The van der Waals surface area contributed by atoms with Crippen LogP contribution in [-0.2, 0) is 4.74 Å². The molecule has 0 bridgehead atoms. The second-order valence-electron chi connectivity index (χ2n) is 3.67. The fourth-order valence-corrected chi connectivity index (χ4v) is 1.74. The average Bonchev–Trinajstić information content (AvgIpc) is 2.20. The lowest BCUT2D eigenvalue weighted by Gasteiger charge is -2.24. The van der Waals surface area contributed by atoms with E-state index < -0.39 is 0 Å². The van der Waals surface area contributed by atoms with Gasteiger partial charge in [-0.15, -0.1) is 0 Å².